The van der Waals surface area contributed by atoms with Crippen molar-refractivity contribution in [1.29, 1.82) is 0 Å². The predicted molar refractivity (Wildman–Crippen MR) is 188 cm³/mol. The fourth-order valence-corrected chi connectivity index (χ4v) is 13.4. The van der Waals surface area contributed by atoms with E-state index < -0.39 is 25.0 Å². The Morgan fingerprint density at radius 3 is 0.800 bits per heavy atom. The van der Waals surface area contributed by atoms with Gasteiger partial charge in [-0.25, -0.2) is 0 Å². The molecule has 242 valence electrons. The van der Waals surface area contributed by atoms with E-state index in [9.17, 15) is 0 Å². The zero-order valence-electron chi connectivity index (χ0n) is 29.1. The van der Waals surface area contributed by atoms with E-state index in [4.69, 9.17) is 13.3 Å². The molecular weight excluding hydrogens is 541 g/mol. The molecule has 40 heavy (non-hydrogen) atoms. The minimum Gasteiger partial charge on any atom is -0.377 e. The van der Waals surface area contributed by atoms with Gasteiger partial charge in [0, 0.05) is 43.5 Å². The first kappa shape index (κ1) is 40.5. The van der Waals surface area contributed by atoms with E-state index in [0.29, 0.717) is 0 Å². The Morgan fingerprint density at radius 2 is 0.550 bits per heavy atom. The Balaban J connectivity index is 3.61. The molecule has 3 nitrogen and oxygen atoms in total. The smallest absolute Gasteiger partial charge is 0.377 e. The molecule has 0 aliphatic rings. The van der Waals surface area contributed by atoms with Gasteiger partial charge in [-0.15, -0.1) is 0 Å². The molecule has 0 aromatic rings. The van der Waals surface area contributed by atoms with Crippen LogP contribution in [0.25, 0.3) is 0 Å². The molecule has 6 heteroatoms. The SMILES string of the molecule is CCCCCCCCCCC[Si](C)(C)CCCCCCCC[Si](C)(C)CCCCCCCC[Si](OC)(OC)OC. The van der Waals surface area contributed by atoms with E-state index in [2.05, 4.69) is 33.1 Å². The van der Waals surface area contributed by atoms with Gasteiger partial charge in [-0.05, 0) is 6.42 Å². The van der Waals surface area contributed by atoms with Crippen molar-refractivity contribution < 1.29 is 13.3 Å². The van der Waals surface area contributed by atoms with Gasteiger partial charge in [0.15, 0.2) is 0 Å². The van der Waals surface area contributed by atoms with E-state index in [1.165, 1.54) is 134 Å². The highest BCUT2D eigenvalue weighted by molar-refractivity contribution is 6.77. The predicted octanol–water partition coefficient (Wildman–Crippen LogP) is 12.5. The third-order valence-corrected chi connectivity index (χ3v) is 19.1. The molecule has 0 saturated heterocycles. The van der Waals surface area contributed by atoms with E-state index in [-0.39, 0.29) is 0 Å². The van der Waals surface area contributed by atoms with E-state index in [1.54, 1.807) is 39.5 Å². The molecule has 0 N–H and O–H groups in total. The van der Waals surface area contributed by atoms with Crippen LogP contribution in [-0.4, -0.2) is 46.3 Å². The van der Waals surface area contributed by atoms with Crippen molar-refractivity contribution in [1.82, 2.24) is 0 Å². The van der Waals surface area contributed by atoms with Gasteiger partial charge in [-0.3, -0.25) is 0 Å². The average Bonchev–Trinajstić information content (AvgIpc) is 2.93. The summed E-state index contributed by atoms with van der Waals surface area (Å²) in [6.07, 6.45) is 30.1. The standard InChI is InChI=1S/C34H76O3Si3/c1-9-10-11-12-13-14-15-20-25-30-38(5,6)31-26-21-16-17-22-27-32-39(7,8)33-28-23-18-19-24-29-34-40(35-2,36-3)37-4/h9-34H2,1-8H3. The third kappa shape index (κ3) is 24.0. The van der Waals surface area contributed by atoms with E-state index in [0.717, 1.165) is 12.5 Å². The summed E-state index contributed by atoms with van der Waals surface area (Å²) in [6.45, 7) is 12.9. The monoisotopic (exact) mass is 617 g/mol. The summed E-state index contributed by atoms with van der Waals surface area (Å²) in [6, 6.07) is 7.15. The molecule has 0 bridgehead atoms. The van der Waals surface area contributed by atoms with Crippen molar-refractivity contribution in [3.8, 4) is 0 Å². The number of rotatable bonds is 31. The molecule has 0 radical (unpaired) electrons. The molecule has 0 rings (SSSR count). The van der Waals surface area contributed by atoms with Gasteiger partial charge < -0.3 is 13.3 Å². The number of hydrogen-bond acceptors (Lipinski definition) is 3. The Bertz CT molecular complexity index is 530. The number of hydrogen-bond donors (Lipinski definition) is 0. The maximum Gasteiger partial charge on any atom is 0.500 e. The summed E-state index contributed by atoms with van der Waals surface area (Å²) in [7, 11) is 0.869. The van der Waals surface area contributed by atoms with Crippen molar-refractivity contribution in [2.45, 2.75) is 198 Å². The van der Waals surface area contributed by atoms with Crippen LogP contribution in [0.5, 0.6) is 0 Å². The highest BCUT2D eigenvalue weighted by Gasteiger charge is 2.36. The van der Waals surface area contributed by atoms with Crippen LogP contribution in [0.1, 0.15) is 142 Å². The molecule has 0 spiro atoms. The Labute approximate surface area is 257 Å². The Morgan fingerprint density at radius 1 is 0.325 bits per heavy atom. The van der Waals surface area contributed by atoms with Crippen molar-refractivity contribution in [3.63, 3.8) is 0 Å². The van der Waals surface area contributed by atoms with Crippen LogP contribution >= 0.6 is 0 Å². The van der Waals surface area contributed by atoms with E-state index in [1.807, 2.05) is 0 Å². The lowest BCUT2D eigenvalue weighted by Gasteiger charge is -2.24. The van der Waals surface area contributed by atoms with E-state index >= 15 is 0 Å². The minimum absolute atomic E-state index is 0.936. The summed E-state index contributed by atoms with van der Waals surface area (Å²) in [5.74, 6) is 0. The molecule has 0 fully saturated rings. The van der Waals surface area contributed by atoms with Gasteiger partial charge in [-0.1, -0.05) is 186 Å². The Hall–Kier alpha value is 0.531. The normalized spacial score (nSPS) is 12.9. The highest BCUT2D eigenvalue weighted by atomic mass is 28.4. The second kappa shape index (κ2) is 26.0. The van der Waals surface area contributed by atoms with Crippen molar-refractivity contribution in [2.75, 3.05) is 21.3 Å². The highest BCUT2D eigenvalue weighted by Crippen LogP contribution is 2.26. The van der Waals surface area contributed by atoms with Gasteiger partial charge in [0.25, 0.3) is 0 Å². The van der Waals surface area contributed by atoms with Crippen LogP contribution in [0, 0.1) is 0 Å². The summed E-state index contributed by atoms with van der Waals surface area (Å²) in [4.78, 5) is 0. The molecule has 0 aliphatic heterocycles. The quantitative estimate of drug-likeness (QED) is 0.0572. The Kier molecular flexibility index (Phi) is 26.3. The lowest BCUT2D eigenvalue weighted by molar-refractivity contribution is 0.122. The van der Waals surface area contributed by atoms with Gasteiger partial charge in [0.05, 0.1) is 0 Å². The first-order chi connectivity index (χ1) is 19.2. The zero-order valence-corrected chi connectivity index (χ0v) is 32.1. The van der Waals surface area contributed by atoms with Crippen molar-refractivity contribution in [3.05, 3.63) is 0 Å². The van der Waals surface area contributed by atoms with Gasteiger partial charge in [0.1, 0.15) is 0 Å². The molecule has 0 amide bonds. The van der Waals surface area contributed by atoms with Crippen LogP contribution < -0.4 is 0 Å². The first-order valence-corrected chi connectivity index (χ1v) is 26.6. The summed E-state index contributed by atoms with van der Waals surface area (Å²) in [5, 5.41) is 0. The molecule has 0 unspecified atom stereocenters. The van der Waals surface area contributed by atoms with Crippen LogP contribution in [0.2, 0.25) is 56.4 Å². The van der Waals surface area contributed by atoms with Crippen molar-refractivity contribution >= 4 is 25.0 Å². The fourth-order valence-electron chi connectivity index (χ4n) is 6.29. The molecule has 0 saturated carbocycles. The largest absolute Gasteiger partial charge is 0.500 e. The average molecular weight is 617 g/mol. The molecular formula is C34H76O3Si3. The molecule has 0 atom stereocenters. The number of unbranched alkanes of at least 4 members (excludes halogenated alkanes) is 18. The lowest BCUT2D eigenvalue weighted by Crippen LogP contribution is -2.42. The third-order valence-electron chi connectivity index (χ3n) is 9.43. The molecule has 0 aromatic carbocycles. The van der Waals surface area contributed by atoms with Crippen LogP contribution in [0.15, 0.2) is 0 Å². The van der Waals surface area contributed by atoms with Gasteiger partial charge in [0.2, 0.25) is 0 Å². The zero-order chi connectivity index (χ0) is 30.0. The maximum atomic E-state index is 5.53. The second-order valence-electron chi connectivity index (χ2n) is 14.4. The van der Waals surface area contributed by atoms with Crippen LogP contribution in [-0.2, 0) is 13.3 Å². The maximum absolute atomic E-state index is 5.53. The second-order valence-corrected chi connectivity index (χ2v) is 28.2. The van der Waals surface area contributed by atoms with Gasteiger partial charge in [-0.2, -0.15) is 0 Å². The van der Waals surface area contributed by atoms with Crippen molar-refractivity contribution in [2.24, 2.45) is 0 Å². The minimum atomic E-state index is -2.36. The molecule has 0 aromatic heterocycles. The van der Waals surface area contributed by atoms with Crippen LogP contribution in [0.4, 0.5) is 0 Å². The first-order valence-electron chi connectivity index (χ1n) is 17.8. The summed E-state index contributed by atoms with van der Waals surface area (Å²) >= 11 is 0. The van der Waals surface area contributed by atoms with Gasteiger partial charge >= 0.3 is 8.80 Å². The lowest BCUT2D eigenvalue weighted by atomic mass is 10.1. The molecule has 0 aliphatic carbocycles. The molecule has 0 heterocycles. The van der Waals surface area contributed by atoms with Crippen LogP contribution in [0.3, 0.4) is 0 Å². The topological polar surface area (TPSA) is 27.7 Å². The summed E-state index contributed by atoms with van der Waals surface area (Å²) in [5.41, 5.74) is 0. The fraction of sp³-hybridized carbons (Fsp3) is 1.00. The summed E-state index contributed by atoms with van der Waals surface area (Å²) < 4.78 is 16.6.